The highest BCUT2D eigenvalue weighted by Gasteiger charge is 2.17. The molecule has 0 aliphatic carbocycles. The van der Waals surface area contributed by atoms with Crippen LogP contribution in [0.3, 0.4) is 0 Å². The first-order valence-corrected chi connectivity index (χ1v) is 6.37. The van der Waals surface area contributed by atoms with Crippen molar-refractivity contribution < 1.29 is 9.53 Å². The Labute approximate surface area is 109 Å². The number of rotatable bonds is 3. The second kappa shape index (κ2) is 6.58. The van der Waals surface area contributed by atoms with E-state index in [9.17, 15) is 4.79 Å². The number of hydrogen-bond acceptors (Lipinski definition) is 5. The minimum atomic E-state index is -0.489. The number of piperidine rings is 1. The van der Waals surface area contributed by atoms with Crippen molar-refractivity contribution in [2.45, 2.75) is 39.2 Å². The van der Waals surface area contributed by atoms with Gasteiger partial charge in [0.2, 0.25) is 0 Å². The third kappa shape index (κ3) is 5.86. The van der Waals surface area contributed by atoms with Crippen molar-refractivity contribution in [3.8, 4) is 0 Å². The average molecular weight is 256 g/mol. The predicted octanol–water partition coefficient (Wildman–Crippen LogP) is 1.13. The standard InChI is InChI=1S/C12H24N4O2/c1-12(2,3)18-11(17)14-9-15-16-6-4-10(8-13)5-7-16/h9-10H,4-8,13H2,1-3H3,(H,14,15,17). The molecule has 1 amide bonds. The number of nitrogens with zero attached hydrogens (tertiary/aromatic N) is 2. The highest BCUT2D eigenvalue weighted by atomic mass is 16.6. The van der Waals surface area contributed by atoms with Gasteiger partial charge in [0, 0.05) is 13.1 Å². The molecule has 0 aromatic carbocycles. The lowest BCUT2D eigenvalue weighted by Gasteiger charge is -2.28. The van der Waals surface area contributed by atoms with Crippen LogP contribution >= 0.6 is 0 Å². The molecule has 1 saturated heterocycles. The first-order chi connectivity index (χ1) is 8.40. The first kappa shape index (κ1) is 14.8. The lowest BCUT2D eigenvalue weighted by atomic mass is 9.98. The van der Waals surface area contributed by atoms with Crippen molar-refractivity contribution in [2.24, 2.45) is 16.8 Å². The first-order valence-electron chi connectivity index (χ1n) is 6.37. The van der Waals surface area contributed by atoms with Gasteiger partial charge in [-0.1, -0.05) is 0 Å². The zero-order valence-electron chi connectivity index (χ0n) is 11.5. The number of carbonyl (C=O) groups excluding carboxylic acids is 1. The van der Waals surface area contributed by atoms with Gasteiger partial charge in [-0.15, -0.1) is 0 Å². The molecule has 0 aromatic heterocycles. The van der Waals surface area contributed by atoms with Crippen LogP contribution in [0.15, 0.2) is 5.10 Å². The van der Waals surface area contributed by atoms with Gasteiger partial charge in [-0.05, 0) is 46.1 Å². The molecular weight excluding hydrogens is 232 g/mol. The largest absolute Gasteiger partial charge is 0.444 e. The minimum Gasteiger partial charge on any atom is -0.444 e. The Kier molecular flexibility index (Phi) is 5.40. The SMILES string of the molecule is CC(C)(C)OC(=O)N/C=N/N1CCC(CN)CC1. The number of hydrazone groups is 1. The van der Waals surface area contributed by atoms with E-state index in [1.807, 2.05) is 25.8 Å². The monoisotopic (exact) mass is 256 g/mol. The molecule has 0 aromatic rings. The van der Waals surface area contributed by atoms with Gasteiger partial charge in [-0.2, -0.15) is 5.10 Å². The summed E-state index contributed by atoms with van der Waals surface area (Å²) in [4.78, 5) is 11.3. The molecule has 6 nitrogen and oxygen atoms in total. The van der Waals surface area contributed by atoms with Gasteiger partial charge < -0.3 is 10.5 Å². The van der Waals surface area contributed by atoms with Gasteiger partial charge in [0.05, 0.1) is 0 Å². The van der Waals surface area contributed by atoms with Crippen LogP contribution in [-0.4, -0.2) is 42.7 Å². The zero-order chi connectivity index (χ0) is 13.6. The molecule has 1 aliphatic heterocycles. The van der Waals surface area contributed by atoms with E-state index in [1.165, 1.54) is 6.34 Å². The molecule has 6 heteroatoms. The molecule has 3 N–H and O–H groups in total. The minimum absolute atomic E-state index is 0.483. The normalized spacial score (nSPS) is 18.1. The summed E-state index contributed by atoms with van der Waals surface area (Å²) in [5.41, 5.74) is 5.13. The maximum atomic E-state index is 11.3. The number of hydrogen-bond donors (Lipinski definition) is 2. The molecule has 0 atom stereocenters. The fourth-order valence-corrected chi connectivity index (χ4v) is 1.74. The van der Waals surface area contributed by atoms with Gasteiger partial charge in [0.15, 0.2) is 0 Å². The van der Waals surface area contributed by atoms with E-state index >= 15 is 0 Å². The molecule has 0 radical (unpaired) electrons. The van der Waals surface area contributed by atoms with E-state index in [0.717, 1.165) is 32.5 Å². The van der Waals surface area contributed by atoms with Gasteiger partial charge in [-0.25, -0.2) is 4.79 Å². The van der Waals surface area contributed by atoms with Crippen LogP contribution in [0.25, 0.3) is 0 Å². The third-order valence-electron chi connectivity index (χ3n) is 2.73. The third-order valence-corrected chi connectivity index (χ3v) is 2.73. The van der Waals surface area contributed by atoms with Gasteiger partial charge in [-0.3, -0.25) is 10.3 Å². The Hall–Kier alpha value is -1.30. The van der Waals surface area contributed by atoms with Gasteiger partial charge in [0.1, 0.15) is 11.9 Å². The molecule has 1 rings (SSSR count). The predicted molar refractivity (Wildman–Crippen MR) is 71.2 cm³/mol. The number of alkyl carbamates (subject to hydrolysis) is 1. The Balaban J connectivity index is 2.23. The quantitative estimate of drug-likeness (QED) is 0.586. The van der Waals surface area contributed by atoms with E-state index in [2.05, 4.69) is 10.4 Å². The van der Waals surface area contributed by atoms with Crippen LogP contribution in [0.4, 0.5) is 4.79 Å². The van der Waals surface area contributed by atoms with Crippen molar-refractivity contribution in [3.63, 3.8) is 0 Å². The Bertz CT molecular complexity index is 291. The van der Waals surface area contributed by atoms with Crippen molar-refractivity contribution in [1.82, 2.24) is 10.3 Å². The maximum absolute atomic E-state index is 11.3. The second-order valence-corrected chi connectivity index (χ2v) is 5.52. The fourth-order valence-electron chi connectivity index (χ4n) is 1.74. The van der Waals surface area contributed by atoms with Crippen LogP contribution in [0.2, 0.25) is 0 Å². The summed E-state index contributed by atoms with van der Waals surface area (Å²) in [5, 5.41) is 8.60. The summed E-state index contributed by atoms with van der Waals surface area (Å²) in [7, 11) is 0. The number of nitrogens with two attached hydrogens (primary N) is 1. The van der Waals surface area contributed by atoms with E-state index in [0.29, 0.717) is 5.92 Å². The molecule has 1 heterocycles. The Morgan fingerprint density at radius 1 is 1.50 bits per heavy atom. The molecule has 0 saturated carbocycles. The number of carbonyl (C=O) groups is 1. The molecule has 104 valence electrons. The van der Waals surface area contributed by atoms with Crippen LogP contribution < -0.4 is 11.1 Å². The topological polar surface area (TPSA) is 80.0 Å². The van der Waals surface area contributed by atoms with E-state index in [-0.39, 0.29) is 0 Å². The van der Waals surface area contributed by atoms with Crippen LogP contribution in [-0.2, 0) is 4.74 Å². The maximum Gasteiger partial charge on any atom is 0.412 e. The molecule has 1 fully saturated rings. The molecular formula is C12H24N4O2. The van der Waals surface area contributed by atoms with Crippen molar-refractivity contribution in [1.29, 1.82) is 0 Å². The van der Waals surface area contributed by atoms with Crippen molar-refractivity contribution in [3.05, 3.63) is 0 Å². The summed E-state index contributed by atoms with van der Waals surface area (Å²) in [5.74, 6) is 0.607. The van der Waals surface area contributed by atoms with E-state index < -0.39 is 11.7 Å². The lowest BCUT2D eigenvalue weighted by molar-refractivity contribution is 0.0564. The van der Waals surface area contributed by atoms with Crippen molar-refractivity contribution >= 4 is 12.4 Å². The van der Waals surface area contributed by atoms with E-state index in [1.54, 1.807) is 0 Å². The summed E-state index contributed by atoms with van der Waals surface area (Å²) in [6.45, 7) is 7.97. The van der Waals surface area contributed by atoms with Gasteiger partial charge in [0.25, 0.3) is 0 Å². The summed E-state index contributed by atoms with van der Waals surface area (Å²) in [6, 6.07) is 0. The fraction of sp³-hybridized carbons (Fsp3) is 0.833. The van der Waals surface area contributed by atoms with E-state index in [4.69, 9.17) is 10.5 Å². The second-order valence-electron chi connectivity index (χ2n) is 5.52. The lowest BCUT2D eigenvalue weighted by Crippen LogP contribution is -2.35. The Morgan fingerprint density at radius 3 is 2.61 bits per heavy atom. The van der Waals surface area contributed by atoms with Gasteiger partial charge >= 0.3 is 6.09 Å². The number of nitrogens with one attached hydrogen (secondary N) is 1. The molecule has 18 heavy (non-hydrogen) atoms. The zero-order valence-corrected chi connectivity index (χ0v) is 11.5. The highest BCUT2D eigenvalue weighted by molar-refractivity contribution is 5.82. The molecule has 0 unspecified atom stereocenters. The smallest absolute Gasteiger partial charge is 0.412 e. The highest BCUT2D eigenvalue weighted by Crippen LogP contribution is 2.15. The summed E-state index contributed by atoms with van der Waals surface area (Å²) in [6.07, 6.45) is 3.01. The number of amides is 1. The van der Waals surface area contributed by atoms with Crippen LogP contribution in [0.5, 0.6) is 0 Å². The van der Waals surface area contributed by atoms with Crippen LogP contribution in [0, 0.1) is 5.92 Å². The molecule has 1 aliphatic rings. The van der Waals surface area contributed by atoms with Crippen molar-refractivity contribution in [2.75, 3.05) is 19.6 Å². The van der Waals surface area contributed by atoms with Crippen LogP contribution in [0.1, 0.15) is 33.6 Å². The number of ether oxygens (including phenoxy) is 1. The summed E-state index contributed by atoms with van der Waals surface area (Å²) >= 11 is 0. The molecule has 0 bridgehead atoms. The Morgan fingerprint density at radius 2 is 2.11 bits per heavy atom. The average Bonchev–Trinajstić information content (AvgIpc) is 2.27. The summed E-state index contributed by atoms with van der Waals surface area (Å²) < 4.78 is 5.09. The molecule has 0 spiro atoms.